The Labute approximate surface area is 92.6 Å². The molecule has 1 fully saturated rings. The first kappa shape index (κ1) is 10.8. The zero-order valence-electron chi connectivity index (χ0n) is 9.15. The van der Waals surface area contributed by atoms with Gasteiger partial charge in [-0.25, -0.2) is 0 Å². The van der Waals surface area contributed by atoms with Crippen molar-refractivity contribution in [2.45, 2.75) is 37.6 Å². The summed E-state index contributed by atoms with van der Waals surface area (Å²) < 4.78 is 5.68. The van der Waals surface area contributed by atoms with Gasteiger partial charge in [-0.05, 0) is 5.54 Å². The zero-order valence-corrected chi connectivity index (χ0v) is 10.1. The van der Waals surface area contributed by atoms with Crippen LogP contribution in [0.25, 0.3) is 0 Å². The van der Waals surface area contributed by atoms with Gasteiger partial charge >= 0.3 is 0 Å². The zero-order chi connectivity index (χ0) is 10.5. The second-order valence-corrected chi connectivity index (χ2v) is 6.46. The fourth-order valence-electron chi connectivity index (χ4n) is 2.27. The van der Waals surface area contributed by atoms with Crippen LogP contribution in [0.2, 0.25) is 5.54 Å². The molecule has 3 nitrogen and oxygen atoms in total. The minimum absolute atomic E-state index is 0.727. The molecule has 0 aromatic carbocycles. The van der Waals surface area contributed by atoms with Gasteiger partial charge in [0.05, 0.1) is 5.32 Å². The molecule has 0 spiro atoms. The monoisotopic (exact) mass is 221 g/mol. The van der Waals surface area contributed by atoms with Crippen molar-refractivity contribution in [1.82, 2.24) is 9.97 Å². The van der Waals surface area contributed by atoms with Gasteiger partial charge in [0, 0.05) is 25.7 Å². The molecule has 1 heterocycles. The first-order valence-corrected chi connectivity index (χ1v) is 7.07. The van der Waals surface area contributed by atoms with Crippen molar-refractivity contribution in [3.05, 3.63) is 18.6 Å². The molecule has 1 aliphatic rings. The number of nitrogens with zero attached hydrogens (tertiary/aromatic N) is 2. The highest BCUT2D eigenvalue weighted by atomic mass is 28.3. The molecule has 81 valence electrons. The highest BCUT2D eigenvalue weighted by Gasteiger charge is 2.29. The van der Waals surface area contributed by atoms with E-state index < -0.39 is 9.04 Å². The summed E-state index contributed by atoms with van der Waals surface area (Å²) in [7, 11) is 0.881. The van der Waals surface area contributed by atoms with Crippen LogP contribution in [0.4, 0.5) is 0 Å². The minimum Gasteiger partial charge on any atom is -0.413 e. The molecule has 0 amide bonds. The fraction of sp³-hybridized carbons (Fsp3) is 0.636. The second-order valence-electron chi connectivity index (χ2n) is 3.99. The maximum absolute atomic E-state index is 5.68. The van der Waals surface area contributed by atoms with Gasteiger partial charge in [-0.2, -0.15) is 0 Å². The Kier molecular flexibility index (Phi) is 3.85. The van der Waals surface area contributed by atoms with Gasteiger partial charge in [0.2, 0.25) is 0 Å². The molecule has 1 aliphatic carbocycles. The summed E-state index contributed by atoms with van der Waals surface area (Å²) >= 11 is 0. The molecule has 0 N–H and O–H groups in total. The number of hydrogen-bond donors (Lipinski definition) is 0. The largest absolute Gasteiger partial charge is 0.413 e. The third-order valence-electron chi connectivity index (χ3n) is 3.01. The van der Waals surface area contributed by atoms with Crippen LogP contribution in [0.3, 0.4) is 0 Å². The number of rotatable bonds is 3. The Hall–Kier alpha value is -0.743. The summed E-state index contributed by atoms with van der Waals surface area (Å²) in [5, 5.41) is 1.08. The minimum atomic E-state index is -0.936. The summed E-state index contributed by atoms with van der Waals surface area (Å²) in [6.07, 6.45) is 12.0. The molecular formula is C11H17N2OSi. The lowest BCUT2D eigenvalue weighted by atomic mass is 10.0. The Bertz CT molecular complexity index is 288. The van der Waals surface area contributed by atoms with E-state index in [0.29, 0.717) is 0 Å². The van der Waals surface area contributed by atoms with Crippen LogP contribution in [-0.2, 0) is 4.43 Å². The molecular weight excluding hydrogens is 204 g/mol. The first-order valence-electron chi connectivity index (χ1n) is 5.59. The molecule has 2 rings (SSSR count). The molecule has 0 saturated heterocycles. The molecule has 0 atom stereocenters. The van der Waals surface area contributed by atoms with Crippen molar-refractivity contribution in [2.75, 3.05) is 7.11 Å². The van der Waals surface area contributed by atoms with Gasteiger partial charge in [-0.1, -0.05) is 32.1 Å². The average molecular weight is 221 g/mol. The van der Waals surface area contributed by atoms with Crippen LogP contribution in [0.15, 0.2) is 18.6 Å². The van der Waals surface area contributed by atoms with E-state index >= 15 is 0 Å². The highest BCUT2D eigenvalue weighted by molar-refractivity contribution is 6.67. The van der Waals surface area contributed by atoms with Crippen molar-refractivity contribution in [3.63, 3.8) is 0 Å². The topological polar surface area (TPSA) is 35.0 Å². The lowest BCUT2D eigenvalue weighted by Crippen LogP contribution is -2.40. The van der Waals surface area contributed by atoms with Crippen LogP contribution in [0, 0.1) is 0 Å². The summed E-state index contributed by atoms with van der Waals surface area (Å²) in [6, 6.07) is 0. The van der Waals surface area contributed by atoms with Crippen LogP contribution in [0.1, 0.15) is 32.1 Å². The molecule has 1 saturated carbocycles. The Morgan fingerprint density at radius 2 is 2.07 bits per heavy atom. The average Bonchev–Trinajstić information content (AvgIpc) is 2.33. The van der Waals surface area contributed by atoms with E-state index in [9.17, 15) is 0 Å². The van der Waals surface area contributed by atoms with Gasteiger partial charge < -0.3 is 4.43 Å². The Morgan fingerprint density at radius 1 is 1.27 bits per heavy atom. The van der Waals surface area contributed by atoms with Crippen molar-refractivity contribution in [2.24, 2.45) is 0 Å². The molecule has 0 bridgehead atoms. The van der Waals surface area contributed by atoms with Crippen LogP contribution in [-0.4, -0.2) is 26.1 Å². The van der Waals surface area contributed by atoms with E-state index in [0.717, 1.165) is 10.9 Å². The highest BCUT2D eigenvalue weighted by Crippen LogP contribution is 2.30. The van der Waals surface area contributed by atoms with Gasteiger partial charge in [-0.15, -0.1) is 0 Å². The van der Waals surface area contributed by atoms with Crippen molar-refractivity contribution >= 4 is 14.4 Å². The Morgan fingerprint density at radius 3 is 2.67 bits per heavy atom. The van der Waals surface area contributed by atoms with Crippen LogP contribution in [0.5, 0.6) is 0 Å². The van der Waals surface area contributed by atoms with Crippen molar-refractivity contribution in [3.8, 4) is 0 Å². The summed E-state index contributed by atoms with van der Waals surface area (Å²) in [4.78, 5) is 8.51. The predicted molar refractivity (Wildman–Crippen MR) is 61.3 cm³/mol. The lowest BCUT2D eigenvalue weighted by Gasteiger charge is -2.26. The molecule has 0 aliphatic heterocycles. The van der Waals surface area contributed by atoms with Crippen molar-refractivity contribution < 1.29 is 4.43 Å². The molecule has 1 aromatic rings. The third kappa shape index (κ3) is 2.63. The van der Waals surface area contributed by atoms with E-state index in [1.807, 2.05) is 13.3 Å². The van der Waals surface area contributed by atoms with E-state index in [2.05, 4.69) is 9.97 Å². The number of hydrogen-bond acceptors (Lipinski definition) is 3. The Balaban J connectivity index is 2.09. The molecule has 1 radical (unpaired) electrons. The van der Waals surface area contributed by atoms with Crippen LogP contribution >= 0.6 is 0 Å². The van der Waals surface area contributed by atoms with Gasteiger partial charge in [-0.3, -0.25) is 9.97 Å². The lowest BCUT2D eigenvalue weighted by molar-refractivity contribution is 0.388. The van der Waals surface area contributed by atoms with Gasteiger partial charge in [0.1, 0.15) is 0 Å². The molecule has 15 heavy (non-hydrogen) atoms. The quantitative estimate of drug-likeness (QED) is 0.728. The summed E-state index contributed by atoms with van der Waals surface area (Å²) in [6.45, 7) is 0. The maximum atomic E-state index is 5.68. The van der Waals surface area contributed by atoms with E-state index in [4.69, 9.17) is 4.43 Å². The second kappa shape index (κ2) is 5.37. The van der Waals surface area contributed by atoms with Gasteiger partial charge in [0.15, 0.2) is 0 Å². The normalized spacial score (nSPS) is 18.3. The number of aromatic nitrogens is 2. The van der Waals surface area contributed by atoms with E-state index in [-0.39, 0.29) is 0 Å². The SMILES string of the molecule is CO[Si](c1cnccn1)C1CCCCC1. The summed E-state index contributed by atoms with van der Waals surface area (Å²) in [5.41, 5.74) is 0.727. The van der Waals surface area contributed by atoms with E-state index in [1.54, 1.807) is 12.4 Å². The summed E-state index contributed by atoms with van der Waals surface area (Å²) in [5.74, 6) is 0. The first-order chi connectivity index (χ1) is 7.42. The predicted octanol–water partition coefficient (Wildman–Crippen LogP) is 1.66. The standard InChI is InChI=1S/C11H17N2OSi/c1-14-15(10-5-3-2-4-6-10)11-9-12-7-8-13-11/h7-10H,2-6H2,1H3. The van der Waals surface area contributed by atoms with Crippen LogP contribution < -0.4 is 5.32 Å². The molecule has 1 aromatic heterocycles. The smallest absolute Gasteiger partial charge is 0.271 e. The van der Waals surface area contributed by atoms with E-state index in [1.165, 1.54) is 32.1 Å². The maximum Gasteiger partial charge on any atom is 0.271 e. The third-order valence-corrected chi connectivity index (χ3v) is 5.53. The fourth-order valence-corrected chi connectivity index (χ4v) is 4.57. The molecule has 4 heteroatoms. The van der Waals surface area contributed by atoms with Crippen molar-refractivity contribution in [1.29, 1.82) is 0 Å². The van der Waals surface area contributed by atoms with Gasteiger partial charge in [0.25, 0.3) is 9.04 Å². The molecule has 0 unspecified atom stereocenters.